The second kappa shape index (κ2) is 7.44. The summed E-state index contributed by atoms with van der Waals surface area (Å²) in [5.41, 5.74) is 2.05. The number of carbonyl (C=O) groups is 1. The molecule has 0 aliphatic carbocycles. The number of aromatic nitrogens is 2. The molecule has 1 saturated heterocycles. The van der Waals surface area contributed by atoms with Crippen molar-refractivity contribution in [2.45, 2.75) is 12.5 Å². The van der Waals surface area contributed by atoms with Gasteiger partial charge in [0.2, 0.25) is 5.91 Å². The summed E-state index contributed by atoms with van der Waals surface area (Å²) in [4.78, 5) is 20.5. The number of rotatable bonds is 5. The normalized spacial score (nSPS) is 18.1. The summed E-state index contributed by atoms with van der Waals surface area (Å²) >= 11 is 1.60. The molecule has 0 bridgehead atoms. The molecule has 1 amide bonds. The van der Waals surface area contributed by atoms with Gasteiger partial charge in [-0.25, -0.2) is 4.98 Å². The lowest BCUT2D eigenvalue weighted by Crippen LogP contribution is -2.48. The monoisotopic (exact) mass is 318 g/mol. The van der Waals surface area contributed by atoms with Crippen molar-refractivity contribution in [2.75, 3.05) is 26.2 Å². The molecule has 1 fully saturated rings. The van der Waals surface area contributed by atoms with E-state index in [9.17, 15) is 4.79 Å². The van der Waals surface area contributed by atoms with Crippen molar-refractivity contribution < 1.29 is 9.53 Å². The average Bonchev–Trinajstić information content (AvgIpc) is 3.05. The predicted molar refractivity (Wildman–Crippen MR) is 84.7 cm³/mol. The zero-order valence-electron chi connectivity index (χ0n) is 12.1. The molecule has 0 aromatic carbocycles. The van der Waals surface area contributed by atoms with E-state index in [0.717, 1.165) is 22.8 Å². The third kappa shape index (κ3) is 3.88. The molecule has 1 atom stereocenters. The molecule has 7 heteroatoms. The van der Waals surface area contributed by atoms with Crippen LogP contribution in [0.2, 0.25) is 0 Å². The van der Waals surface area contributed by atoms with Gasteiger partial charge in [-0.1, -0.05) is 0 Å². The predicted octanol–water partition coefficient (Wildman–Crippen LogP) is 0.852. The Bertz CT molecular complexity index is 611. The Labute approximate surface area is 132 Å². The van der Waals surface area contributed by atoms with Gasteiger partial charge in [0.15, 0.2) is 0 Å². The van der Waals surface area contributed by atoms with Crippen LogP contribution in [0.4, 0.5) is 0 Å². The zero-order chi connectivity index (χ0) is 15.2. The summed E-state index contributed by atoms with van der Waals surface area (Å²) in [5, 5.41) is 9.05. The molecule has 6 nitrogen and oxygen atoms in total. The molecule has 0 unspecified atom stereocenters. The quantitative estimate of drug-likeness (QED) is 0.855. The second-order valence-corrected chi connectivity index (χ2v) is 5.84. The Hall–Kier alpha value is -1.83. The fraction of sp³-hybridized carbons (Fsp3) is 0.400. The van der Waals surface area contributed by atoms with Gasteiger partial charge in [0.05, 0.1) is 12.3 Å². The number of amides is 1. The van der Waals surface area contributed by atoms with E-state index in [1.54, 1.807) is 23.7 Å². The lowest BCUT2D eigenvalue weighted by Gasteiger charge is -2.22. The van der Waals surface area contributed by atoms with Crippen LogP contribution in [-0.4, -0.2) is 48.2 Å². The van der Waals surface area contributed by atoms with Gasteiger partial charge in [0.25, 0.3) is 0 Å². The van der Waals surface area contributed by atoms with E-state index < -0.39 is 0 Å². The first-order valence-electron chi connectivity index (χ1n) is 7.28. The van der Waals surface area contributed by atoms with Gasteiger partial charge in [-0.3, -0.25) is 9.78 Å². The number of hydrogen-bond donors (Lipinski definition) is 2. The van der Waals surface area contributed by atoms with Crippen molar-refractivity contribution in [1.82, 2.24) is 20.6 Å². The second-order valence-electron chi connectivity index (χ2n) is 4.98. The molecular weight excluding hydrogens is 300 g/mol. The van der Waals surface area contributed by atoms with Crippen molar-refractivity contribution in [1.29, 1.82) is 0 Å². The molecule has 116 valence electrons. The number of thiazole rings is 1. The van der Waals surface area contributed by atoms with Crippen molar-refractivity contribution in [3.8, 4) is 10.6 Å². The molecule has 2 aromatic rings. The SMILES string of the molecule is O=C(NCCc1csc(-c2ccncc2)n1)[C@H]1CNCCO1. The van der Waals surface area contributed by atoms with Gasteiger partial charge in [-0.2, -0.15) is 0 Å². The standard InChI is InChI=1S/C15H18N4O2S/c20-14(13-9-17-7-8-21-13)18-6-3-12-10-22-15(19-12)11-1-4-16-5-2-11/h1-2,4-5,10,13,17H,3,6-9H2,(H,18,20)/t13-/m1/s1. The summed E-state index contributed by atoms with van der Waals surface area (Å²) in [6, 6.07) is 3.88. The number of morpholine rings is 1. The van der Waals surface area contributed by atoms with E-state index >= 15 is 0 Å². The largest absolute Gasteiger partial charge is 0.366 e. The molecule has 0 radical (unpaired) electrons. The Morgan fingerprint density at radius 3 is 3.09 bits per heavy atom. The first-order chi connectivity index (χ1) is 10.8. The van der Waals surface area contributed by atoms with Crippen molar-refractivity contribution in [2.24, 2.45) is 0 Å². The minimum Gasteiger partial charge on any atom is -0.366 e. The fourth-order valence-electron chi connectivity index (χ4n) is 2.21. The number of carbonyl (C=O) groups excluding carboxylic acids is 1. The highest BCUT2D eigenvalue weighted by Crippen LogP contribution is 2.22. The molecule has 22 heavy (non-hydrogen) atoms. The lowest BCUT2D eigenvalue weighted by molar-refractivity contribution is -0.134. The van der Waals surface area contributed by atoms with Crippen LogP contribution in [0.5, 0.6) is 0 Å². The van der Waals surface area contributed by atoms with Crippen LogP contribution >= 0.6 is 11.3 Å². The summed E-state index contributed by atoms with van der Waals surface area (Å²) in [6.45, 7) is 2.53. The van der Waals surface area contributed by atoms with E-state index in [4.69, 9.17) is 4.74 Å². The molecule has 1 aliphatic rings. The molecule has 0 spiro atoms. The zero-order valence-corrected chi connectivity index (χ0v) is 12.9. The van der Waals surface area contributed by atoms with E-state index in [2.05, 4.69) is 20.6 Å². The summed E-state index contributed by atoms with van der Waals surface area (Å²) in [6.07, 6.45) is 3.86. The van der Waals surface area contributed by atoms with Crippen LogP contribution in [0.15, 0.2) is 29.9 Å². The number of ether oxygens (including phenoxy) is 1. The Morgan fingerprint density at radius 2 is 2.32 bits per heavy atom. The van der Waals surface area contributed by atoms with E-state index in [0.29, 0.717) is 26.1 Å². The lowest BCUT2D eigenvalue weighted by atomic mass is 10.2. The molecule has 0 saturated carbocycles. The summed E-state index contributed by atoms with van der Waals surface area (Å²) in [7, 11) is 0. The fourth-order valence-corrected chi connectivity index (χ4v) is 3.07. The number of pyridine rings is 1. The highest BCUT2D eigenvalue weighted by molar-refractivity contribution is 7.13. The van der Waals surface area contributed by atoms with Gasteiger partial charge < -0.3 is 15.4 Å². The maximum Gasteiger partial charge on any atom is 0.250 e. The molecule has 2 aromatic heterocycles. The van der Waals surface area contributed by atoms with Crippen LogP contribution in [0.1, 0.15) is 5.69 Å². The summed E-state index contributed by atoms with van der Waals surface area (Å²) in [5.74, 6) is -0.0585. The van der Waals surface area contributed by atoms with Gasteiger partial charge in [0, 0.05) is 49.4 Å². The van der Waals surface area contributed by atoms with E-state index in [1.165, 1.54) is 0 Å². The number of nitrogens with zero attached hydrogens (tertiary/aromatic N) is 2. The Morgan fingerprint density at radius 1 is 1.45 bits per heavy atom. The molecule has 1 aliphatic heterocycles. The third-order valence-electron chi connectivity index (χ3n) is 3.38. The first-order valence-corrected chi connectivity index (χ1v) is 8.16. The number of hydrogen-bond acceptors (Lipinski definition) is 6. The van der Waals surface area contributed by atoms with Gasteiger partial charge >= 0.3 is 0 Å². The molecule has 3 heterocycles. The van der Waals surface area contributed by atoms with E-state index in [1.807, 2.05) is 17.5 Å². The van der Waals surface area contributed by atoms with Gasteiger partial charge in [0.1, 0.15) is 11.1 Å². The Balaban J connectivity index is 1.48. The maximum absolute atomic E-state index is 11.9. The maximum atomic E-state index is 11.9. The third-order valence-corrected chi connectivity index (χ3v) is 4.32. The minimum atomic E-state index is -0.378. The number of nitrogens with one attached hydrogen (secondary N) is 2. The topological polar surface area (TPSA) is 76.1 Å². The Kier molecular flexibility index (Phi) is 5.10. The first kappa shape index (κ1) is 15.1. The van der Waals surface area contributed by atoms with Crippen molar-refractivity contribution in [3.05, 3.63) is 35.6 Å². The van der Waals surface area contributed by atoms with Crippen LogP contribution in [0, 0.1) is 0 Å². The van der Waals surface area contributed by atoms with Crippen molar-refractivity contribution in [3.63, 3.8) is 0 Å². The van der Waals surface area contributed by atoms with Crippen LogP contribution in [0.3, 0.4) is 0 Å². The van der Waals surface area contributed by atoms with Crippen LogP contribution in [0.25, 0.3) is 10.6 Å². The smallest absolute Gasteiger partial charge is 0.250 e. The molecular formula is C15H18N4O2S. The van der Waals surface area contributed by atoms with Crippen LogP contribution in [-0.2, 0) is 16.0 Å². The van der Waals surface area contributed by atoms with Crippen molar-refractivity contribution >= 4 is 17.2 Å². The van der Waals surface area contributed by atoms with Gasteiger partial charge in [-0.05, 0) is 12.1 Å². The van der Waals surface area contributed by atoms with E-state index in [-0.39, 0.29) is 12.0 Å². The highest BCUT2D eigenvalue weighted by atomic mass is 32.1. The highest BCUT2D eigenvalue weighted by Gasteiger charge is 2.21. The average molecular weight is 318 g/mol. The summed E-state index contributed by atoms with van der Waals surface area (Å²) < 4.78 is 5.41. The molecule has 3 rings (SSSR count). The van der Waals surface area contributed by atoms with Gasteiger partial charge in [-0.15, -0.1) is 11.3 Å². The minimum absolute atomic E-state index is 0.0585. The molecule has 2 N–H and O–H groups in total. The van der Waals surface area contributed by atoms with Crippen LogP contribution < -0.4 is 10.6 Å².